The van der Waals surface area contributed by atoms with Crippen LogP contribution in [-0.2, 0) is 14.8 Å². The maximum Gasteiger partial charge on any atom is 0.261 e. The van der Waals surface area contributed by atoms with Gasteiger partial charge in [-0.1, -0.05) is 55.0 Å². The molecule has 9 heteroatoms. The normalized spacial score (nSPS) is 16.5. The largest absolute Gasteiger partial charge is 0.367 e. The predicted molar refractivity (Wildman–Crippen MR) is 162 cm³/mol. The Labute approximate surface area is 243 Å². The van der Waals surface area contributed by atoms with Crippen LogP contribution in [0.2, 0.25) is 0 Å². The average molecular weight is 575 g/mol. The third-order valence-electron chi connectivity index (χ3n) is 8.04. The number of amides is 2. The molecule has 0 bridgehead atoms. The molecule has 0 saturated carbocycles. The number of rotatable bonds is 8. The van der Waals surface area contributed by atoms with Gasteiger partial charge in [0.15, 0.2) is 0 Å². The number of nitrogens with zero attached hydrogens (tertiary/aromatic N) is 3. The molecule has 2 amide bonds. The van der Waals surface area contributed by atoms with Crippen molar-refractivity contribution in [2.24, 2.45) is 0 Å². The van der Waals surface area contributed by atoms with Gasteiger partial charge in [0, 0.05) is 50.6 Å². The van der Waals surface area contributed by atoms with Crippen LogP contribution in [-0.4, -0.2) is 69.3 Å². The lowest BCUT2D eigenvalue weighted by Gasteiger charge is -2.38. The van der Waals surface area contributed by atoms with E-state index in [4.69, 9.17) is 0 Å². The lowest BCUT2D eigenvalue weighted by molar-refractivity contribution is -0.133. The van der Waals surface area contributed by atoms with E-state index in [0.29, 0.717) is 50.5 Å². The minimum absolute atomic E-state index is 0.0949. The fourth-order valence-corrected chi connectivity index (χ4v) is 6.74. The summed E-state index contributed by atoms with van der Waals surface area (Å²) in [6.45, 7) is 7.62. The molecule has 0 unspecified atom stereocenters. The van der Waals surface area contributed by atoms with Gasteiger partial charge in [0.2, 0.25) is 5.91 Å². The van der Waals surface area contributed by atoms with E-state index in [0.717, 1.165) is 36.1 Å². The number of anilines is 2. The molecule has 3 aromatic carbocycles. The second-order valence-corrected chi connectivity index (χ2v) is 12.5. The maximum absolute atomic E-state index is 13.7. The summed E-state index contributed by atoms with van der Waals surface area (Å²) in [4.78, 5) is 33.1. The predicted octanol–water partition coefficient (Wildman–Crippen LogP) is 4.87. The Morgan fingerprint density at radius 2 is 1.49 bits per heavy atom. The summed E-state index contributed by atoms with van der Waals surface area (Å²) in [5.41, 5.74) is 3.59. The van der Waals surface area contributed by atoms with Crippen LogP contribution in [0.3, 0.4) is 0 Å². The Morgan fingerprint density at radius 1 is 0.829 bits per heavy atom. The van der Waals surface area contributed by atoms with Gasteiger partial charge in [-0.2, -0.15) is 0 Å². The molecule has 2 fully saturated rings. The Bertz CT molecular complexity index is 1480. The highest BCUT2D eigenvalue weighted by atomic mass is 32.2. The van der Waals surface area contributed by atoms with Crippen LogP contribution in [0.4, 0.5) is 11.4 Å². The quantitative estimate of drug-likeness (QED) is 0.415. The molecule has 0 radical (unpaired) electrons. The highest BCUT2D eigenvalue weighted by Gasteiger charge is 2.30. The molecule has 2 heterocycles. The number of piperazine rings is 1. The molecular weight excluding hydrogens is 536 g/mol. The van der Waals surface area contributed by atoms with Crippen molar-refractivity contribution in [3.05, 3.63) is 89.5 Å². The van der Waals surface area contributed by atoms with Crippen LogP contribution < -0.4 is 9.62 Å². The van der Waals surface area contributed by atoms with E-state index in [2.05, 4.69) is 9.62 Å². The lowest BCUT2D eigenvalue weighted by atomic mass is 9.94. The van der Waals surface area contributed by atoms with Crippen molar-refractivity contribution in [2.45, 2.75) is 43.9 Å². The number of carbonyl (C=O) groups is 2. The van der Waals surface area contributed by atoms with Crippen LogP contribution in [0.25, 0.3) is 0 Å². The summed E-state index contributed by atoms with van der Waals surface area (Å²) in [5.74, 6) is -0.133. The molecule has 2 aliphatic rings. The Hall–Kier alpha value is -3.85. The summed E-state index contributed by atoms with van der Waals surface area (Å²) in [7, 11) is -3.81. The van der Waals surface area contributed by atoms with E-state index in [1.54, 1.807) is 36.4 Å². The first-order chi connectivity index (χ1) is 19.8. The number of sulfonamides is 1. The van der Waals surface area contributed by atoms with Gasteiger partial charge in [-0.25, -0.2) is 8.42 Å². The topological polar surface area (TPSA) is 90.0 Å². The van der Waals surface area contributed by atoms with Gasteiger partial charge in [0.05, 0.1) is 16.4 Å². The number of benzene rings is 3. The molecule has 0 aromatic heterocycles. The third-order valence-corrected chi connectivity index (χ3v) is 9.44. The number of aryl methyl sites for hydroxylation is 1. The SMILES string of the molecule is CC[C@H](C(=O)N1CCN(c2ccc(NS(=O)(=O)c3ccc(C)cc3)cc2C(=O)N2CCCC2)CC1)c1ccccc1. The molecule has 41 heavy (non-hydrogen) atoms. The molecule has 1 atom stereocenters. The first-order valence-corrected chi connectivity index (χ1v) is 15.9. The van der Waals surface area contributed by atoms with Crippen molar-refractivity contribution < 1.29 is 18.0 Å². The van der Waals surface area contributed by atoms with Crippen molar-refractivity contribution in [1.82, 2.24) is 9.80 Å². The zero-order chi connectivity index (χ0) is 29.0. The summed E-state index contributed by atoms with van der Waals surface area (Å²) in [6, 6.07) is 21.8. The van der Waals surface area contributed by atoms with E-state index in [-0.39, 0.29) is 22.6 Å². The maximum atomic E-state index is 13.7. The van der Waals surface area contributed by atoms with Gasteiger partial charge in [-0.15, -0.1) is 0 Å². The van der Waals surface area contributed by atoms with Crippen molar-refractivity contribution in [1.29, 1.82) is 0 Å². The molecule has 216 valence electrons. The van der Waals surface area contributed by atoms with Crippen molar-refractivity contribution in [3.8, 4) is 0 Å². The first kappa shape index (κ1) is 28.7. The Morgan fingerprint density at radius 3 is 2.12 bits per heavy atom. The summed E-state index contributed by atoms with van der Waals surface area (Å²) < 4.78 is 28.8. The van der Waals surface area contributed by atoms with Gasteiger partial charge in [-0.3, -0.25) is 14.3 Å². The number of likely N-dealkylation sites (tertiary alicyclic amines) is 1. The van der Waals surface area contributed by atoms with Crippen molar-refractivity contribution in [3.63, 3.8) is 0 Å². The molecule has 1 N–H and O–H groups in total. The minimum atomic E-state index is -3.81. The monoisotopic (exact) mass is 574 g/mol. The molecule has 5 rings (SSSR count). The van der Waals surface area contributed by atoms with E-state index in [9.17, 15) is 18.0 Å². The van der Waals surface area contributed by atoms with Crippen LogP contribution in [0, 0.1) is 6.92 Å². The molecular formula is C32H38N4O4S. The van der Waals surface area contributed by atoms with Gasteiger partial charge < -0.3 is 14.7 Å². The lowest BCUT2D eigenvalue weighted by Crippen LogP contribution is -2.50. The molecule has 3 aromatic rings. The zero-order valence-electron chi connectivity index (χ0n) is 23.8. The van der Waals surface area contributed by atoms with Crippen molar-refractivity contribution in [2.75, 3.05) is 48.9 Å². The van der Waals surface area contributed by atoms with Crippen LogP contribution in [0.1, 0.15) is 53.6 Å². The van der Waals surface area contributed by atoms with Gasteiger partial charge >= 0.3 is 0 Å². The van der Waals surface area contributed by atoms with Crippen molar-refractivity contribution >= 4 is 33.2 Å². The highest BCUT2D eigenvalue weighted by Crippen LogP contribution is 2.30. The molecule has 2 aliphatic heterocycles. The molecule has 8 nitrogen and oxygen atoms in total. The van der Waals surface area contributed by atoms with Crippen LogP contribution >= 0.6 is 0 Å². The molecule has 0 spiro atoms. The van der Waals surface area contributed by atoms with E-state index in [1.807, 2.05) is 60.0 Å². The second kappa shape index (κ2) is 12.3. The zero-order valence-corrected chi connectivity index (χ0v) is 24.6. The summed E-state index contributed by atoms with van der Waals surface area (Å²) in [5, 5.41) is 0. The van der Waals surface area contributed by atoms with Crippen LogP contribution in [0.15, 0.2) is 77.7 Å². The standard InChI is InChI=1S/C32H38N4O4S/c1-3-28(25-9-5-4-6-10-25)31(37)36-21-19-34(20-22-36)30-16-13-26(23-29(30)32(38)35-17-7-8-18-35)33-41(39,40)27-14-11-24(2)12-15-27/h4-6,9-16,23,28,33H,3,7-8,17-22H2,1-2H3/t28-/m0/s1. The fraction of sp³-hybridized carbons (Fsp3) is 0.375. The number of carbonyl (C=O) groups excluding carboxylic acids is 2. The first-order valence-electron chi connectivity index (χ1n) is 14.4. The fourth-order valence-electron chi connectivity index (χ4n) is 5.70. The molecule has 2 saturated heterocycles. The third kappa shape index (κ3) is 6.40. The van der Waals surface area contributed by atoms with E-state index in [1.165, 1.54) is 0 Å². The smallest absolute Gasteiger partial charge is 0.261 e. The number of hydrogen-bond donors (Lipinski definition) is 1. The summed E-state index contributed by atoms with van der Waals surface area (Å²) >= 11 is 0. The number of hydrogen-bond acceptors (Lipinski definition) is 5. The summed E-state index contributed by atoms with van der Waals surface area (Å²) in [6.07, 6.45) is 2.65. The van der Waals surface area contributed by atoms with E-state index >= 15 is 0 Å². The average Bonchev–Trinajstić information content (AvgIpc) is 3.53. The highest BCUT2D eigenvalue weighted by molar-refractivity contribution is 7.92. The van der Waals surface area contributed by atoms with Gasteiger partial charge in [0.25, 0.3) is 15.9 Å². The Balaban J connectivity index is 1.36. The number of nitrogens with one attached hydrogen (secondary N) is 1. The van der Waals surface area contributed by atoms with Gasteiger partial charge in [0.1, 0.15) is 0 Å². The molecule has 0 aliphatic carbocycles. The second-order valence-electron chi connectivity index (χ2n) is 10.8. The van der Waals surface area contributed by atoms with Crippen LogP contribution in [0.5, 0.6) is 0 Å². The van der Waals surface area contributed by atoms with E-state index < -0.39 is 10.0 Å². The minimum Gasteiger partial charge on any atom is -0.367 e. The Kier molecular flexibility index (Phi) is 8.63. The van der Waals surface area contributed by atoms with Gasteiger partial charge in [-0.05, 0) is 62.1 Å².